The summed E-state index contributed by atoms with van der Waals surface area (Å²) in [4.78, 5) is 27.7. The summed E-state index contributed by atoms with van der Waals surface area (Å²) in [6, 6.07) is 8.41. The van der Waals surface area contributed by atoms with Crippen LogP contribution in [-0.2, 0) is 4.84 Å². The van der Waals surface area contributed by atoms with Crippen molar-refractivity contribution in [3.05, 3.63) is 57.6 Å². The zero-order valence-electron chi connectivity index (χ0n) is 16.9. The van der Waals surface area contributed by atoms with E-state index in [1.54, 1.807) is 13.8 Å². The normalized spacial score (nSPS) is 11.0. The zero-order chi connectivity index (χ0) is 22.1. The molecule has 0 radical (unpaired) electrons. The first-order chi connectivity index (χ1) is 14.4. The predicted octanol–water partition coefficient (Wildman–Crippen LogP) is 3.27. The highest BCUT2D eigenvalue weighted by atomic mass is 16.7. The van der Waals surface area contributed by atoms with E-state index in [4.69, 9.17) is 24.8 Å². The van der Waals surface area contributed by atoms with Crippen LogP contribution in [0, 0.1) is 10.1 Å². The lowest BCUT2D eigenvalue weighted by Crippen LogP contribution is -2.15. The number of benzene rings is 2. The van der Waals surface area contributed by atoms with E-state index in [0.29, 0.717) is 37.1 Å². The lowest BCUT2D eigenvalue weighted by molar-refractivity contribution is -0.384. The van der Waals surface area contributed by atoms with Crippen LogP contribution >= 0.6 is 0 Å². The van der Waals surface area contributed by atoms with Crippen LogP contribution in [0.5, 0.6) is 17.2 Å². The fourth-order valence-electron chi connectivity index (χ4n) is 2.48. The van der Waals surface area contributed by atoms with E-state index in [0.717, 1.165) is 0 Å². The Morgan fingerprint density at radius 2 is 1.60 bits per heavy atom. The van der Waals surface area contributed by atoms with Crippen molar-refractivity contribution < 1.29 is 28.8 Å². The minimum atomic E-state index is -0.812. The van der Waals surface area contributed by atoms with Crippen LogP contribution in [0.15, 0.2) is 41.6 Å². The number of hydrogen-bond donors (Lipinski definition) is 1. The molecule has 0 bridgehead atoms. The van der Waals surface area contributed by atoms with E-state index in [-0.39, 0.29) is 22.6 Å². The molecule has 10 nitrogen and oxygen atoms in total. The summed E-state index contributed by atoms with van der Waals surface area (Å²) in [6.07, 6.45) is 0. The Morgan fingerprint density at radius 1 is 1.00 bits per heavy atom. The number of rotatable bonds is 10. The van der Waals surface area contributed by atoms with Gasteiger partial charge in [-0.25, -0.2) is 4.79 Å². The Labute approximate surface area is 173 Å². The average Bonchev–Trinajstić information content (AvgIpc) is 2.74. The second kappa shape index (κ2) is 10.6. The third kappa shape index (κ3) is 5.60. The maximum absolute atomic E-state index is 12.5. The molecule has 0 heterocycles. The quantitative estimate of drug-likeness (QED) is 0.204. The molecule has 2 rings (SSSR count). The van der Waals surface area contributed by atoms with Gasteiger partial charge in [-0.15, -0.1) is 0 Å². The number of carbonyl (C=O) groups excluding carboxylic acids is 1. The average molecular weight is 417 g/mol. The number of nitrogens with two attached hydrogens (primary N) is 1. The fourth-order valence-corrected chi connectivity index (χ4v) is 2.48. The minimum absolute atomic E-state index is 0.112. The second-order valence-electron chi connectivity index (χ2n) is 5.76. The molecule has 0 aromatic heterocycles. The van der Waals surface area contributed by atoms with Gasteiger partial charge >= 0.3 is 5.97 Å². The molecule has 0 aliphatic heterocycles. The number of amidine groups is 1. The Hall–Kier alpha value is -3.82. The standard InChI is InChI=1S/C20H23N3O7/c1-4-27-16-11-14(12-17(28-5-2)18(16)29-6-3)20(24)30-22-19(21)13-8-7-9-15(10-13)23(25)26/h7-12H,4-6H2,1-3H3,(H2,21,22). The zero-order valence-corrected chi connectivity index (χ0v) is 16.9. The topological polar surface area (TPSA) is 136 Å². The lowest BCUT2D eigenvalue weighted by Gasteiger charge is -2.16. The molecule has 0 unspecified atom stereocenters. The molecule has 2 N–H and O–H groups in total. The summed E-state index contributed by atoms with van der Waals surface area (Å²) in [5.74, 6) is 0.0412. The molecule has 0 amide bonds. The van der Waals surface area contributed by atoms with Crippen molar-refractivity contribution in [2.45, 2.75) is 20.8 Å². The molecule has 0 aliphatic carbocycles. The van der Waals surface area contributed by atoms with Crippen molar-refractivity contribution in [2.24, 2.45) is 10.9 Å². The first-order valence-electron chi connectivity index (χ1n) is 9.27. The van der Waals surface area contributed by atoms with Crippen molar-refractivity contribution in [1.82, 2.24) is 0 Å². The molecule has 2 aromatic rings. The maximum Gasteiger partial charge on any atom is 0.366 e. The van der Waals surface area contributed by atoms with Crippen molar-refractivity contribution in [3.63, 3.8) is 0 Å². The second-order valence-corrected chi connectivity index (χ2v) is 5.76. The molecule has 0 spiro atoms. The molecule has 0 saturated heterocycles. The first kappa shape index (κ1) is 22.5. The van der Waals surface area contributed by atoms with Crippen LogP contribution in [0.3, 0.4) is 0 Å². The van der Waals surface area contributed by atoms with Gasteiger partial charge < -0.3 is 24.8 Å². The summed E-state index contributed by atoms with van der Waals surface area (Å²) >= 11 is 0. The molecule has 30 heavy (non-hydrogen) atoms. The van der Waals surface area contributed by atoms with Gasteiger partial charge in [0.05, 0.1) is 30.3 Å². The van der Waals surface area contributed by atoms with Crippen LogP contribution in [0.1, 0.15) is 36.7 Å². The number of nitrogens with zero attached hydrogens (tertiary/aromatic N) is 2. The van der Waals surface area contributed by atoms with Crippen LogP contribution in [0.4, 0.5) is 5.69 Å². The minimum Gasteiger partial charge on any atom is -0.490 e. The number of nitro groups is 1. The van der Waals surface area contributed by atoms with Crippen molar-refractivity contribution in [1.29, 1.82) is 0 Å². The van der Waals surface area contributed by atoms with Crippen LogP contribution in [0.2, 0.25) is 0 Å². The van der Waals surface area contributed by atoms with E-state index < -0.39 is 10.9 Å². The Kier molecular flexibility index (Phi) is 7.98. The Balaban J connectivity index is 2.30. The Bertz CT molecular complexity index is 917. The number of ether oxygens (including phenoxy) is 3. The lowest BCUT2D eigenvalue weighted by atomic mass is 10.2. The number of non-ortho nitro benzene ring substituents is 1. The van der Waals surface area contributed by atoms with Crippen molar-refractivity contribution >= 4 is 17.5 Å². The van der Waals surface area contributed by atoms with Crippen molar-refractivity contribution in [2.75, 3.05) is 19.8 Å². The maximum atomic E-state index is 12.5. The van der Waals surface area contributed by atoms with E-state index >= 15 is 0 Å². The van der Waals surface area contributed by atoms with E-state index in [1.807, 2.05) is 6.92 Å². The SMILES string of the molecule is CCOc1cc(C(=O)ON=C(N)c2cccc([N+](=O)[O-])c2)cc(OCC)c1OCC. The molecular formula is C20H23N3O7. The smallest absolute Gasteiger partial charge is 0.366 e. The third-order valence-electron chi connectivity index (χ3n) is 3.72. The van der Waals surface area contributed by atoms with Gasteiger partial charge in [0.15, 0.2) is 17.3 Å². The number of hydrogen-bond acceptors (Lipinski definition) is 8. The highest BCUT2D eigenvalue weighted by Gasteiger charge is 2.19. The van der Waals surface area contributed by atoms with Crippen molar-refractivity contribution in [3.8, 4) is 17.2 Å². The summed E-state index contributed by atoms with van der Waals surface area (Å²) in [5, 5.41) is 14.5. The summed E-state index contributed by atoms with van der Waals surface area (Å²) in [6.45, 7) is 6.49. The van der Waals surface area contributed by atoms with Gasteiger partial charge in [0, 0.05) is 17.7 Å². The van der Waals surface area contributed by atoms with Gasteiger partial charge in [-0.05, 0) is 32.9 Å². The van der Waals surface area contributed by atoms with Gasteiger partial charge in [-0.2, -0.15) is 0 Å². The highest BCUT2D eigenvalue weighted by molar-refractivity contribution is 5.98. The third-order valence-corrected chi connectivity index (χ3v) is 3.72. The number of oxime groups is 1. The monoisotopic (exact) mass is 417 g/mol. The molecule has 10 heteroatoms. The summed E-state index contributed by atoms with van der Waals surface area (Å²) < 4.78 is 16.7. The van der Waals surface area contributed by atoms with Crippen LogP contribution < -0.4 is 19.9 Å². The first-order valence-corrected chi connectivity index (χ1v) is 9.27. The Morgan fingerprint density at radius 3 is 2.13 bits per heavy atom. The molecule has 160 valence electrons. The van der Waals surface area contributed by atoms with Gasteiger partial charge in [0.25, 0.3) is 5.69 Å². The summed E-state index contributed by atoms with van der Waals surface area (Å²) in [5.41, 5.74) is 5.99. The number of carbonyl (C=O) groups is 1. The molecule has 2 aromatic carbocycles. The molecule has 0 atom stereocenters. The summed E-state index contributed by atoms with van der Waals surface area (Å²) in [7, 11) is 0. The van der Waals surface area contributed by atoms with Gasteiger partial charge in [-0.3, -0.25) is 10.1 Å². The van der Waals surface area contributed by atoms with E-state index in [9.17, 15) is 14.9 Å². The van der Waals surface area contributed by atoms with E-state index in [2.05, 4.69) is 5.16 Å². The highest BCUT2D eigenvalue weighted by Crippen LogP contribution is 2.39. The molecule has 0 aliphatic rings. The fraction of sp³-hybridized carbons (Fsp3) is 0.300. The largest absolute Gasteiger partial charge is 0.490 e. The van der Waals surface area contributed by atoms with Crippen LogP contribution in [0.25, 0.3) is 0 Å². The van der Waals surface area contributed by atoms with Gasteiger partial charge in [0.2, 0.25) is 5.75 Å². The molecule has 0 fully saturated rings. The molecule has 0 saturated carbocycles. The van der Waals surface area contributed by atoms with Gasteiger partial charge in [-0.1, -0.05) is 17.3 Å². The van der Waals surface area contributed by atoms with E-state index in [1.165, 1.54) is 36.4 Å². The molecular weight excluding hydrogens is 394 g/mol. The number of nitro benzene ring substituents is 1. The predicted molar refractivity (Wildman–Crippen MR) is 109 cm³/mol. The van der Waals surface area contributed by atoms with Crippen LogP contribution in [-0.4, -0.2) is 36.5 Å². The van der Waals surface area contributed by atoms with Gasteiger partial charge in [0.1, 0.15) is 0 Å².